The Kier molecular flexibility index (Phi) is 3.30. The highest BCUT2D eigenvalue weighted by atomic mass is 32.1. The van der Waals surface area contributed by atoms with Crippen molar-refractivity contribution in [1.82, 2.24) is 9.97 Å². The van der Waals surface area contributed by atoms with E-state index in [0.717, 1.165) is 26.8 Å². The topological polar surface area (TPSA) is 69.5 Å². The van der Waals surface area contributed by atoms with Crippen molar-refractivity contribution in [3.8, 4) is 17.3 Å². The second kappa shape index (κ2) is 4.75. The molecule has 0 bridgehead atoms. The quantitative estimate of drug-likeness (QED) is 0.901. The predicted molar refractivity (Wildman–Crippen MR) is 71.7 cm³/mol. The molecule has 0 saturated heterocycles. The van der Waals surface area contributed by atoms with Gasteiger partial charge in [0.25, 0.3) is 5.56 Å². The average Bonchev–Trinajstić information content (AvgIpc) is 2.68. The largest absolute Gasteiger partial charge is 0.324 e. The molecule has 18 heavy (non-hydrogen) atoms. The maximum absolute atomic E-state index is 11.6. The molecule has 0 unspecified atom stereocenters. The molecule has 0 spiro atoms. The summed E-state index contributed by atoms with van der Waals surface area (Å²) in [6.45, 7) is 5.91. The van der Waals surface area contributed by atoms with E-state index in [1.165, 1.54) is 0 Å². The molecule has 0 aromatic carbocycles. The monoisotopic (exact) mass is 259 g/mol. The summed E-state index contributed by atoms with van der Waals surface area (Å²) in [5, 5.41) is 9.92. The fraction of sp³-hybridized carbons (Fsp3) is 0.308. The van der Waals surface area contributed by atoms with Gasteiger partial charge in [0, 0.05) is 16.1 Å². The van der Waals surface area contributed by atoms with Crippen LogP contribution in [-0.2, 0) is 6.42 Å². The van der Waals surface area contributed by atoms with Crippen LogP contribution in [0.2, 0.25) is 0 Å². The van der Waals surface area contributed by atoms with Crippen molar-refractivity contribution in [3.05, 3.63) is 37.6 Å². The minimum atomic E-state index is -0.331. The van der Waals surface area contributed by atoms with Crippen LogP contribution in [0.15, 0.2) is 10.9 Å². The molecule has 4 nitrogen and oxygen atoms in total. The number of hydrogen-bond donors (Lipinski definition) is 1. The van der Waals surface area contributed by atoms with E-state index in [0.29, 0.717) is 6.42 Å². The second-order valence-electron chi connectivity index (χ2n) is 4.01. The van der Waals surface area contributed by atoms with E-state index in [4.69, 9.17) is 5.26 Å². The Morgan fingerprint density at radius 2 is 2.22 bits per heavy atom. The van der Waals surface area contributed by atoms with Crippen LogP contribution in [0.5, 0.6) is 0 Å². The Morgan fingerprint density at radius 3 is 2.72 bits per heavy atom. The van der Waals surface area contributed by atoms with Gasteiger partial charge in [0.2, 0.25) is 0 Å². The second-order valence-corrected chi connectivity index (χ2v) is 5.41. The van der Waals surface area contributed by atoms with Crippen LogP contribution >= 0.6 is 11.3 Å². The Labute approximate surface area is 109 Å². The summed E-state index contributed by atoms with van der Waals surface area (Å²) in [7, 11) is 0. The third-order valence-electron chi connectivity index (χ3n) is 2.76. The smallest absolute Gasteiger partial charge is 0.266 e. The minimum Gasteiger partial charge on any atom is -0.324 e. The lowest BCUT2D eigenvalue weighted by atomic mass is 10.1. The number of aryl methyl sites for hydroxylation is 3. The number of aromatic amines is 1. The van der Waals surface area contributed by atoms with Gasteiger partial charge in [-0.1, -0.05) is 6.92 Å². The van der Waals surface area contributed by atoms with Gasteiger partial charge in [-0.15, -0.1) is 11.3 Å². The van der Waals surface area contributed by atoms with E-state index in [1.807, 2.05) is 26.8 Å². The molecule has 2 rings (SSSR count). The number of thiazole rings is 1. The van der Waals surface area contributed by atoms with Gasteiger partial charge in [-0.2, -0.15) is 5.26 Å². The summed E-state index contributed by atoms with van der Waals surface area (Å²) >= 11 is 1.61. The molecule has 2 heterocycles. The standard InChI is InChI=1S/C13H13N3OS/c1-4-11-10(5-9(6-14)13(17)16-11)12-7(2)18-8(3)15-12/h5H,4H2,1-3H3,(H,16,17). The number of pyridine rings is 1. The lowest BCUT2D eigenvalue weighted by molar-refractivity contribution is 1.01. The zero-order chi connectivity index (χ0) is 13.3. The highest BCUT2D eigenvalue weighted by Crippen LogP contribution is 2.29. The van der Waals surface area contributed by atoms with Crippen molar-refractivity contribution in [2.75, 3.05) is 0 Å². The first-order chi connectivity index (χ1) is 8.56. The SMILES string of the molecule is CCc1[nH]c(=O)c(C#N)cc1-c1nc(C)sc1C. The first kappa shape index (κ1) is 12.5. The van der Waals surface area contributed by atoms with Gasteiger partial charge < -0.3 is 4.98 Å². The molecule has 5 heteroatoms. The number of rotatable bonds is 2. The van der Waals surface area contributed by atoms with Gasteiger partial charge in [0.1, 0.15) is 11.6 Å². The zero-order valence-electron chi connectivity index (χ0n) is 10.5. The molecule has 0 saturated carbocycles. The maximum Gasteiger partial charge on any atom is 0.266 e. The third kappa shape index (κ3) is 2.07. The molecule has 0 atom stereocenters. The molecule has 1 N–H and O–H groups in total. The van der Waals surface area contributed by atoms with Gasteiger partial charge >= 0.3 is 0 Å². The summed E-state index contributed by atoms with van der Waals surface area (Å²) in [6.07, 6.45) is 0.701. The van der Waals surface area contributed by atoms with Crippen LogP contribution in [0.25, 0.3) is 11.3 Å². The summed E-state index contributed by atoms with van der Waals surface area (Å²) in [5.41, 5.74) is 2.35. The highest BCUT2D eigenvalue weighted by Gasteiger charge is 2.14. The first-order valence-corrected chi connectivity index (χ1v) is 6.49. The summed E-state index contributed by atoms with van der Waals surface area (Å²) in [4.78, 5) is 20.0. The molecule has 92 valence electrons. The fourth-order valence-electron chi connectivity index (χ4n) is 1.92. The van der Waals surface area contributed by atoms with Crippen LogP contribution in [-0.4, -0.2) is 9.97 Å². The predicted octanol–water partition coefficient (Wildman–Crippen LogP) is 2.55. The maximum atomic E-state index is 11.6. The lowest BCUT2D eigenvalue weighted by Crippen LogP contribution is -2.13. The Balaban J connectivity index is 2.74. The normalized spacial score (nSPS) is 10.3. The van der Waals surface area contributed by atoms with Crippen LogP contribution in [0, 0.1) is 25.2 Å². The Morgan fingerprint density at radius 1 is 1.50 bits per heavy atom. The van der Waals surface area contributed by atoms with E-state index in [-0.39, 0.29) is 11.1 Å². The summed E-state index contributed by atoms with van der Waals surface area (Å²) in [5.74, 6) is 0. The number of hydrogen-bond acceptors (Lipinski definition) is 4. The van der Waals surface area contributed by atoms with Crippen LogP contribution in [0.1, 0.15) is 28.1 Å². The van der Waals surface area contributed by atoms with E-state index >= 15 is 0 Å². The van der Waals surface area contributed by atoms with E-state index in [9.17, 15) is 4.79 Å². The van der Waals surface area contributed by atoms with Crippen molar-refractivity contribution < 1.29 is 0 Å². The van der Waals surface area contributed by atoms with Gasteiger partial charge in [-0.3, -0.25) is 4.79 Å². The van der Waals surface area contributed by atoms with Crippen molar-refractivity contribution in [3.63, 3.8) is 0 Å². The summed E-state index contributed by atoms with van der Waals surface area (Å²) in [6, 6.07) is 3.55. The summed E-state index contributed by atoms with van der Waals surface area (Å²) < 4.78 is 0. The Bertz CT molecular complexity index is 691. The van der Waals surface area contributed by atoms with Gasteiger partial charge in [0.15, 0.2) is 0 Å². The molecular weight excluding hydrogens is 246 g/mol. The van der Waals surface area contributed by atoms with E-state index < -0.39 is 0 Å². The van der Waals surface area contributed by atoms with Gasteiger partial charge in [-0.05, 0) is 26.3 Å². The first-order valence-electron chi connectivity index (χ1n) is 5.67. The number of nitriles is 1. The third-order valence-corrected chi connectivity index (χ3v) is 3.64. The van der Waals surface area contributed by atoms with Crippen LogP contribution in [0.4, 0.5) is 0 Å². The molecule has 0 fully saturated rings. The zero-order valence-corrected chi connectivity index (χ0v) is 11.3. The number of aromatic nitrogens is 2. The molecular formula is C13H13N3OS. The van der Waals surface area contributed by atoms with Crippen molar-refractivity contribution >= 4 is 11.3 Å². The average molecular weight is 259 g/mol. The van der Waals surface area contributed by atoms with Crippen molar-refractivity contribution in [1.29, 1.82) is 5.26 Å². The van der Waals surface area contributed by atoms with Crippen molar-refractivity contribution in [2.45, 2.75) is 27.2 Å². The Hall–Kier alpha value is -1.93. The highest BCUT2D eigenvalue weighted by molar-refractivity contribution is 7.11. The number of H-pyrrole nitrogens is 1. The van der Waals surface area contributed by atoms with Crippen molar-refractivity contribution in [2.24, 2.45) is 0 Å². The molecule has 2 aromatic rings. The molecule has 0 aliphatic heterocycles. The van der Waals surface area contributed by atoms with Crippen LogP contribution < -0.4 is 5.56 Å². The fourth-order valence-corrected chi connectivity index (χ4v) is 2.75. The molecule has 0 amide bonds. The lowest BCUT2D eigenvalue weighted by Gasteiger charge is -2.06. The molecule has 2 aromatic heterocycles. The molecule has 0 aliphatic carbocycles. The number of nitrogens with one attached hydrogen (secondary N) is 1. The van der Waals surface area contributed by atoms with Gasteiger partial charge in [0.05, 0.1) is 10.7 Å². The molecule has 0 radical (unpaired) electrons. The van der Waals surface area contributed by atoms with E-state index in [2.05, 4.69) is 9.97 Å². The van der Waals surface area contributed by atoms with Crippen LogP contribution in [0.3, 0.4) is 0 Å². The van der Waals surface area contributed by atoms with E-state index in [1.54, 1.807) is 17.4 Å². The minimum absolute atomic E-state index is 0.132. The molecule has 0 aliphatic rings. The van der Waals surface area contributed by atoms with Gasteiger partial charge in [-0.25, -0.2) is 4.98 Å². The number of nitrogens with zero attached hydrogens (tertiary/aromatic N) is 2.